The molecule has 2 aliphatic carbocycles. The van der Waals surface area contributed by atoms with E-state index in [-0.39, 0.29) is 0 Å². The van der Waals surface area contributed by atoms with Crippen molar-refractivity contribution in [2.24, 2.45) is 17.8 Å². The van der Waals surface area contributed by atoms with Crippen molar-refractivity contribution in [3.8, 4) is 0 Å². The normalized spacial score (nSPS) is 22.0. The molecule has 3 rings (SSSR count). The van der Waals surface area contributed by atoms with Gasteiger partial charge in [-0.25, -0.2) is 0 Å². The Morgan fingerprint density at radius 2 is 1.75 bits per heavy atom. The molecule has 0 nitrogen and oxygen atoms in total. The molecule has 1 aromatic carbocycles. The molecule has 0 heterocycles. The van der Waals surface area contributed by atoms with E-state index in [1.807, 2.05) is 0 Å². The van der Waals surface area contributed by atoms with E-state index in [2.05, 4.69) is 30.3 Å². The van der Waals surface area contributed by atoms with E-state index >= 15 is 0 Å². The fourth-order valence-corrected chi connectivity index (χ4v) is 2.85. The summed E-state index contributed by atoms with van der Waals surface area (Å²) in [5, 5.41) is 0. The van der Waals surface area contributed by atoms with Gasteiger partial charge >= 0.3 is 0 Å². The van der Waals surface area contributed by atoms with Gasteiger partial charge in [-0.05, 0) is 49.0 Å². The Balaban J connectivity index is 1.55. The predicted octanol–water partition coefficient (Wildman–Crippen LogP) is 4.45. The van der Waals surface area contributed by atoms with Gasteiger partial charge in [0.15, 0.2) is 0 Å². The molecule has 2 aliphatic rings. The number of benzene rings is 1. The summed E-state index contributed by atoms with van der Waals surface area (Å²) in [5.74, 6) is 3.17. The van der Waals surface area contributed by atoms with Crippen molar-refractivity contribution >= 4 is 0 Å². The van der Waals surface area contributed by atoms with Crippen molar-refractivity contribution in [3.05, 3.63) is 35.9 Å². The van der Waals surface area contributed by atoms with E-state index in [1.165, 1.54) is 44.9 Å². The Bertz CT molecular complexity index is 319. The van der Waals surface area contributed by atoms with Gasteiger partial charge in [0.1, 0.15) is 0 Å². The first-order valence-electron chi connectivity index (χ1n) is 6.96. The molecule has 1 aromatic rings. The van der Waals surface area contributed by atoms with E-state index in [0.717, 1.165) is 17.8 Å². The molecule has 0 amide bonds. The Labute approximate surface area is 99.1 Å². The van der Waals surface area contributed by atoms with E-state index in [4.69, 9.17) is 0 Å². The van der Waals surface area contributed by atoms with Crippen molar-refractivity contribution < 1.29 is 0 Å². The molecule has 0 spiro atoms. The van der Waals surface area contributed by atoms with E-state index in [1.54, 1.807) is 5.56 Å². The number of rotatable bonds is 6. The molecule has 0 radical (unpaired) electrons. The minimum atomic E-state index is 0.989. The molecule has 0 bridgehead atoms. The fourth-order valence-electron chi connectivity index (χ4n) is 2.85. The monoisotopic (exact) mass is 214 g/mol. The number of hydrogen-bond acceptors (Lipinski definition) is 0. The fraction of sp³-hybridized carbons (Fsp3) is 0.625. The maximum absolute atomic E-state index is 2.30. The standard InChI is InChI=1S/C16H22/c1-2-4-14(5-3-1)12-16(15-10-11-15)9-8-13-6-7-13/h1-5,13,15-16H,6-12H2. The topological polar surface area (TPSA) is 0 Å². The third-order valence-electron chi connectivity index (χ3n) is 4.27. The van der Waals surface area contributed by atoms with Gasteiger partial charge in [-0.3, -0.25) is 0 Å². The highest BCUT2D eigenvalue weighted by Gasteiger charge is 2.32. The van der Waals surface area contributed by atoms with Crippen molar-refractivity contribution in [2.45, 2.75) is 44.9 Å². The van der Waals surface area contributed by atoms with Crippen molar-refractivity contribution in [3.63, 3.8) is 0 Å². The summed E-state index contributed by atoms with van der Waals surface area (Å²) in [6, 6.07) is 11.1. The van der Waals surface area contributed by atoms with Gasteiger partial charge < -0.3 is 0 Å². The minimum absolute atomic E-state index is 0.989. The lowest BCUT2D eigenvalue weighted by molar-refractivity contribution is 0.402. The molecule has 86 valence electrons. The third kappa shape index (κ3) is 2.87. The maximum atomic E-state index is 2.30. The Morgan fingerprint density at radius 3 is 2.38 bits per heavy atom. The van der Waals surface area contributed by atoms with Crippen LogP contribution in [-0.2, 0) is 6.42 Å². The highest BCUT2D eigenvalue weighted by atomic mass is 14.4. The second kappa shape index (κ2) is 4.61. The van der Waals surface area contributed by atoms with Crippen LogP contribution >= 0.6 is 0 Å². The molecule has 16 heavy (non-hydrogen) atoms. The van der Waals surface area contributed by atoms with Crippen LogP contribution in [0.4, 0.5) is 0 Å². The van der Waals surface area contributed by atoms with Crippen molar-refractivity contribution in [2.75, 3.05) is 0 Å². The smallest absolute Gasteiger partial charge is 0.0248 e. The summed E-state index contributed by atoms with van der Waals surface area (Å²) >= 11 is 0. The van der Waals surface area contributed by atoms with Crippen LogP contribution < -0.4 is 0 Å². The Kier molecular flexibility index (Phi) is 2.99. The number of hydrogen-bond donors (Lipinski definition) is 0. The van der Waals surface area contributed by atoms with Crippen LogP contribution in [0, 0.1) is 17.8 Å². The zero-order valence-electron chi connectivity index (χ0n) is 10.1. The van der Waals surface area contributed by atoms with Crippen molar-refractivity contribution in [1.82, 2.24) is 0 Å². The van der Waals surface area contributed by atoms with Crippen LogP contribution in [0.2, 0.25) is 0 Å². The minimum Gasteiger partial charge on any atom is -0.0622 e. The molecule has 0 aromatic heterocycles. The Morgan fingerprint density at radius 1 is 1.00 bits per heavy atom. The predicted molar refractivity (Wildman–Crippen MR) is 68.3 cm³/mol. The maximum Gasteiger partial charge on any atom is -0.0248 e. The molecular weight excluding hydrogens is 192 g/mol. The quantitative estimate of drug-likeness (QED) is 0.656. The lowest BCUT2D eigenvalue weighted by atomic mass is 9.90. The van der Waals surface area contributed by atoms with Gasteiger partial charge in [-0.1, -0.05) is 49.6 Å². The zero-order chi connectivity index (χ0) is 10.8. The van der Waals surface area contributed by atoms with Gasteiger partial charge in [0.2, 0.25) is 0 Å². The third-order valence-corrected chi connectivity index (χ3v) is 4.27. The molecule has 0 heteroatoms. The molecule has 0 N–H and O–H groups in total. The van der Waals surface area contributed by atoms with Gasteiger partial charge in [0.25, 0.3) is 0 Å². The molecule has 2 saturated carbocycles. The van der Waals surface area contributed by atoms with Gasteiger partial charge in [0, 0.05) is 0 Å². The second-order valence-corrected chi connectivity index (χ2v) is 5.81. The van der Waals surface area contributed by atoms with Crippen LogP contribution in [-0.4, -0.2) is 0 Å². The van der Waals surface area contributed by atoms with E-state index in [9.17, 15) is 0 Å². The molecule has 0 saturated heterocycles. The van der Waals surface area contributed by atoms with E-state index in [0.29, 0.717) is 0 Å². The Hall–Kier alpha value is -0.780. The summed E-state index contributed by atoms with van der Waals surface area (Å²) < 4.78 is 0. The first-order chi connectivity index (χ1) is 7.92. The molecule has 1 atom stereocenters. The van der Waals surface area contributed by atoms with Crippen LogP contribution in [0.3, 0.4) is 0 Å². The first kappa shape index (κ1) is 10.4. The summed E-state index contributed by atoms with van der Waals surface area (Å²) in [4.78, 5) is 0. The molecule has 2 fully saturated rings. The first-order valence-corrected chi connectivity index (χ1v) is 6.96. The average Bonchev–Trinajstić information content (AvgIpc) is 3.18. The van der Waals surface area contributed by atoms with Gasteiger partial charge in [-0.2, -0.15) is 0 Å². The molecule has 0 aliphatic heterocycles. The lowest BCUT2D eigenvalue weighted by Crippen LogP contribution is -2.07. The highest BCUT2D eigenvalue weighted by Crippen LogP contribution is 2.43. The SMILES string of the molecule is c1ccc(CC(CCC2CC2)C2CC2)cc1. The summed E-state index contributed by atoms with van der Waals surface area (Å²) in [6.07, 6.45) is 10.4. The second-order valence-electron chi connectivity index (χ2n) is 5.81. The van der Waals surface area contributed by atoms with Crippen LogP contribution in [0.1, 0.15) is 44.1 Å². The van der Waals surface area contributed by atoms with Crippen LogP contribution in [0.5, 0.6) is 0 Å². The van der Waals surface area contributed by atoms with Crippen LogP contribution in [0.15, 0.2) is 30.3 Å². The summed E-state index contributed by atoms with van der Waals surface area (Å²) in [7, 11) is 0. The zero-order valence-corrected chi connectivity index (χ0v) is 10.1. The molecule has 1 unspecified atom stereocenters. The summed E-state index contributed by atoms with van der Waals surface area (Å²) in [5.41, 5.74) is 1.55. The molecular formula is C16H22. The average molecular weight is 214 g/mol. The highest BCUT2D eigenvalue weighted by molar-refractivity contribution is 5.15. The largest absolute Gasteiger partial charge is 0.0622 e. The van der Waals surface area contributed by atoms with Crippen LogP contribution in [0.25, 0.3) is 0 Å². The van der Waals surface area contributed by atoms with Crippen molar-refractivity contribution in [1.29, 1.82) is 0 Å². The van der Waals surface area contributed by atoms with Gasteiger partial charge in [0.05, 0.1) is 0 Å². The van der Waals surface area contributed by atoms with E-state index < -0.39 is 0 Å². The lowest BCUT2D eigenvalue weighted by Gasteiger charge is -2.16. The summed E-state index contributed by atoms with van der Waals surface area (Å²) in [6.45, 7) is 0. The van der Waals surface area contributed by atoms with Gasteiger partial charge in [-0.15, -0.1) is 0 Å².